The molecule has 0 saturated heterocycles. The van der Waals surface area contributed by atoms with Gasteiger partial charge in [-0.05, 0) is 13.8 Å². The van der Waals surface area contributed by atoms with E-state index >= 15 is 0 Å². The highest BCUT2D eigenvalue weighted by molar-refractivity contribution is 5.75. The van der Waals surface area contributed by atoms with Crippen LogP contribution in [0.5, 0.6) is 0 Å². The topological polar surface area (TPSA) is 78.7 Å². The third-order valence-electron chi connectivity index (χ3n) is 1.27. The predicted octanol–water partition coefficient (Wildman–Crippen LogP) is 0.394. The maximum Gasteiger partial charge on any atom is 0.313 e. The van der Waals surface area contributed by atoms with Crippen LogP contribution in [0.3, 0.4) is 0 Å². The minimum absolute atomic E-state index is 0.299. The van der Waals surface area contributed by atoms with E-state index in [9.17, 15) is 14.9 Å². The zero-order valence-corrected chi connectivity index (χ0v) is 7.20. The number of ether oxygens (including phenoxy) is 1. The molecule has 0 aliphatic carbocycles. The average Bonchev–Trinajstić information content (AvgIpc) is 1.99. The number of rotatable bonds is 4. The molecule has 0 N–H and O–H groups in total. The third-order valence-corrected chi connectivity index (χ3v) is 1.27. The smallest absolute Gasteiger partial charge is 0.313 e. The molecule has 0 radical (unpaired) electrons. The number of hydrogen-bond donors (Lipinski definition) is 0. The Labute approximate surface area is 69.6 Å². The van der Waals surface area contributed by atoms with E-state index in [0.29, 0.717) is 0 Å². The van der Waals surface area contributed by atoms with Gasteiger partial charge in [-0.1, -0.05) is 0 Å². The van der Waals surface area contributed by atoms with Crippen molar-refractivity contribution in [1.29, 1.82) is 0 Å². The highest BCUT2D eigenvalue weighted by Gasteiger charge is 2.30. The summed E-state index contributed by atoms with van der Waals surface area (Å²) in [6.07, 6.45) is 0. The van der Waals surface area contributed by atoms with E-state index in [2.05, 4.69) is 9.57 Å². The molecule has 0 aliphatic heterocycles. The van der Waals surface area contributed by atoms with Crippen molar-refractivity contribution < 1.29 is 19.5 Å². The molecule has 6 heteroatoms. The summed E-state index contributed by atoms with van der Waals surface area (Å²) >= 11 is 0. The van der Waals surface area contributed by atoms with Crippen LogP contribution >= 0.6 is 0 Å². The van der Waals surface area contributed by atoms with Gasteiger partial charge in [0.15, 0.2) is 0 Å². The normalized spacial score (nSPS) is 10.6. The number of carbonyl (C=O) groups excluding carboxylic acids is 1. The Morgan fingerprint density at radius 1 is 1.58 bits per heavy atom. The van der Waals surface area contributed by atoms with Crippen molar-refractivity contribution in [2.24, 2.45) is 5.41 Å². The molecule has 70 valence electrons. The second-order valence-electron chi connectivity index (χ2n) is 2.87. The number of carbonyl (C=O) groups is 1. The maximum atomic E-state index is 10.9. The molecule has 0 atom stereocenters. The first-order valence-corrected chi connectivity index (χ1v) is 3.26. The monoisotopic (exact) mass is 177 g/mol. The summed E-state index contributed by atoms with van der Waals surface area (Å²) in [6.45, 7) is 2.71. The third kappa shape index (κ3) is 3.18. The number of esters is 1. The largest absolute Gasteiger partial charge is 0.469 e. The lowest BCUT2D eigenvalue weighted by Crippen LogP contribution is -2.31. The maximum absolute atomic E-state index is 10.9. The molecule has 0 amide bonds. The van der Waals surface area contributed by atoms with Gasteiger partial charge in [-0.25, -0.2) is 0 Å². The summed E-state index contributed by atoms with van der Waals surface area (Å²) < 4.78 is 4.41. The van der Waals surface area contributed by atoms with Crippen molar-refractivity contribution in [3.63, 3.8) is 0 Å². The van der Waals surface area contributed by atoms with E-state index in [1.807, 2.05) is 0 Å². The van der Waals surface area contributed by atoms with Crippen LogP contribution in [0, 0.1) is 15.5 Å². The quantitative estimate of drug-likeness (QED) is 0.352. The molecule has 0 fully saturated rings. The van der Waals surface area contributed by atoms with Crippen molar-refractivity contribution in [2.45, 2.75) is 13.8 Å². The number of nitrogens with zero attached hydrogens (tertiary/aromatic N) is 1. The van der Waals surface area contributed by atoms with E-state index in [4.69, 9.17) is 0 Å². The lowest BCUT2D eigenvalue weighted by Gasteiger charge is -2.19. The van der Waals surface area contributed by atoms with Crippen molar-refractivity contribution >= 4 is 5.97 Å². The molecule has 6 nitrogen and oxygen atoms in total. The highest BCUT2D eigenvalue weighted by atomic mass is 16.9. The minimum Gasteiger partial charge on any atom is -0.469 e. The predicted molar refractivity (Wildman–Crippen MR) is 38.7 cm³/mol. The van der Waals surface area contributed by atoms with Gasteiger partial charge in [0.2, 0.25) is 0 Å². The molecular weight excluding hydrogens is 166 g/mol. The summed E-state index contributed by atoms with van der Waals surface area (Å²) in [5.41, 5.74) is -0.984. The first-order chi connectivity index (χ1) is 5.40. The van der Waals surface area contributed by atoms with Gasteiger partial charge in [0.25, 0.3) is 5.09 Å². The van der Waals surface area contributed by atoms with Crippen molar-refractivity contribution in [2.75, 3.05) is 13.7 Å². The standard InChI is InChI=1S/C6H11NO5/c1-6(2,5(8)11-3)4-12-7(9)10/h4H2,1-3H3. The fourth-order valence-corrected chi connectivity index (χ4v) is 0.549. The molecule has 0 bridgehead atoms. The molecule has 12 heavy (non-hydrogen) atoms. The van der Waals surface area contributed by atoms with Gasteiger partial charge in [0.1, 0.15) is 6.61 Å². The van der Waals surface area contributed by atoms with Crippen LogP contribution in [-0.4, -0.2) is 24.8 Å². The summed E-state index contributed by atoms with van der Waals surface area (Å²) in [5.74, 6) is -0.538. The van der Waals surface area contributed by atoms with Crippen molar-refractivity contribution in [3.8, 4) is 0 Å². The van der Waals surface area contributed by atoms with Gasteiger partial charge >= 0.3 is 5.97 Å². The van der Waals surface area contributed by atoms with Crippen LogP contribution in [0.2, 0.25) is 0 Å². The Morgan fingerprint density at radius 3 is 2.42 bits per heavy atom. The molecule has 0 aromatic rings. The van der Waals surface area contributed by atoms with E-state index < -0.39 is 16.5 Å². The highest BCUT2D eigenvalue weighted by Crippen LogP contribution is 2.16. The fourth-order valence-electron chi connectivity index (χ4n) is 0.549. The zero-order chi connectivity index (χ0) is 9.78. The van der Waals surface area contributed by atoms with Crippen molar-refractivity contribution in [3.05, 3.63) is 10.1 Å². The van der Waals surface area contributed by atoms with Gasteiger partial charge in [-0.3, -0.25) is 4.79 Å². The molecular formula is C6H11NO5. The van der Waals surface area contributed by atoms with E-state index in [1.54, 1.807) is 0 Å². The zero-order valence-electron chi connectivity index (χ0n) is 7.20. The van der Waals surface area contributed by atoms with E-state index in [1.165, 1.54) is 21.0 Å². The van der Waals surface area contributed by atoms with Crippen LogP contribution < -0.4 is 0 Å². The lowest BCUT2D eigenvalue weighted by molar-refractivity contribution is -0.760. The Kier molecular flexibility index (Phi) is 3.46. The van der Waals surface area contributed by atoms with Crippen LogP contribution in [0.15, 0.2) is 0 Å². The minimum atomic E-state index is -0.984. The summed E-state index contributed by atoms with van der Waals surface area (Å²) in [5, 5.41) is 8.85. The number of methoxy groups -OCH3 is 1. The van der Waals surface area contributed by atoms with E-state index in [-0.39, 0.29) is 6.61 Å². The van der Waals surface area contributed by atoms with Crippen LogP contribution in [-0.2, 0) is 14.4 Å². The molecule has 0 aromatic heterocycles. The Bertz CT molecular complexity index is 188. The van der Waals surface area contributed by atoms with Gasteiger partial charge in [0.05, 0.1) is 12.5 Å². The summed E-state index contributed by atoms with van der Waals surface area (Å²) in [7, 11) is 1.22. The molecule has 0 rings (SSSR count). The molecule has 0 saturated carbocycles. The van der Waals surface area contributed by atoms with Gasteiger partial charge in [-0.2, -0.15) is 0 Å². The molecule has 0 spiro atoms. The lowest BCUT2D eigenvalue weighted by atomic mass is 9.95. The molecule has 0 unspecified atom stereocenters. The van der Waals surface area contributed by atoms with Gasteiger partial charge in [0, 0.05) is 0 Å². The Morgan fingerprint density at radius 2 is 2.08 bits per heavy atom. The average molecular weight is 177 g/mol. The second-order valence-corrected chi connectivity index (χ2v) is 2.87. The number of hydrogen-bond acceptors (Lipinski definition) is 5. The Hall–Kier alpha value is -1.33. The van der Waals surface area contributed by atoms with Crippen LogP contribution in [0.25, 0.3) is 0 Å². The van der Waals surface area contributed by atoms with Gasteiger partial charge < -0.3 is 9.57 Å². The first-order valence-electron chi connectivity index (χ1n) is 3.26. The van der Waals surface area contributed by atoms with Crippen LogP contribution in [0.4, 0.5) is 0 Å². The summed E-state index contributed by atoms with van der Waals surface area (Å²) in [6, 6.07) is 0. The Balaban J connectivity index is 4.03. The fraction of sp³-hybridized carbons (Fsp3) is 0.833. The summed E-state index contributed by atoms with van der Waals surface area (Å²) in [4.78, 5) is 24.8. The molecule has 0 aliphatic rings. The first kappa shape index (κ1) is 10.7. The molecule has 0 aromatic carbocycles. The van der Waals surface area contributed by atoms with Crippen molar-refractivity contribution in [1.82, 2.24) is 0 Å². The van der Waals surface area contributed by atoms with Gasteiger partial charge in [-0.15, -0.1) is 10.1 Å². The van der Waals surface area contributed by atoms with E-state index in [0.717, 1.165) is 0 Å². The van der Waals surface area contributed by atoms with Crippen LogP contribution in [0.1, 0.15) is 13.8 Å². The SMILES string of the molecule is COC(=O)C(C)(C)CO[N+](=O)[O-]. The molecule has 0 heterocycles. The second kappa shape index (κ2) is 3.89.